The van der Waals surface area contributed by atoms with Gasteiger partial charge in [0.1, 0.15) is 11.4 Å². The molecule has 1 fully saturated rings. The van der Waals surface area contributed by atoms with Crippen molar-refractivity contribution in [2.75, 3.05) is 20.2 Å². The zero-order chi connectivity index (χ0) is 16.4. The van der Waals surface area contributed by atoms with Crippen molar-refractivity contribution < 1.29 is 9.53 Å². The maximum absolute atomic E-state index is 12.7. The zero-order valence-corrected chi connectivity index (χ0v) is 14.0. The zero-order valence-electron chi connectivity index (χ0n) is 14.0. The van der Waals surface area contributed by atoms with Gasteiger partial charge in [0.2, 0.25) is 0 Å². The quantitative estimate of drug-likeness (QED) is 0.872. The van der Waals surface area contributed by atoms with E-state index in [4.69, 9.17) is 4.74 Å². The number of carbonyl (C=O) groups excluding carboxylic acids is 1. The molecule has 3 rings (SSSR count). The third kappa shape index (κ3) is 3.09. The number of nitrogens with zero attached hydrogens (tertiary/aromatic N) is 3. The molecule has 1 aliphatic rings. The minimum absolute atomic E-state index is 0.0794. The highest BCUT2D eigenvalue weighted by molar-refractivity contribution is 5.93. The molecule has 1 aromatic heterocycles. The standard InChI is InChI=1S/C18H23N3O2/c1-4-15-11-17(20(2)19-15)18(22)21-10-9-14(12-21)13-5-7-16(23-3)8-6-13/h5-8,11,14H,4,9-10,12H2,1-3H3. The molecule has 0 saturated carbocycles. The van der Waals surface area contributed by atoms with Crippen molar-refractivity contribution in [1.29, 1.82) is 0 Å². The summed E-state index contributed by atoms with van der Waals surface area (Å²) in [5, 5.41) is 4.37. The summed E-state index contributed by atoms with van der Waals surface area (Å²) in [6, 6.07) is 10.1. The number of aromatic nitrogens is 2. The van der Waals surface area contributed by atoms with Crippen molar-refractivity contribution in [3.63, 3.8) is 0 Å². The van der Waals surface area contributed by atoms with E-state index in [9.17, 15) is 4.79 Å². The summed E-state index contributed by atoms with van der Waals surface area (Å²) in [6.07, 6.45) is 1.84. The topological polar surface area (TPSA) is 47.4 Å². The number of rotatable bonds is 4. The second-order valence-corrected chi connectivity index (χ2v) is 6.01. The number of amides is 1. The molecule has 0 spiro atoms. The Hall–Kier alpha value is -2.30. The molecule has 1 aliphatic heterocycles. The van der Waals surface area contributed by atoms with Gasteiger partial charge in [0.25, 0.3) is 5.91 Å². The van der Waals surface area contributed by atoms with Gasteiger partial charge in [0, 0.05) is 26.1 Å². The molecule has 2 aromatic rings. The molecule has 2 heterocycles. The van der Waals surface area contributed by atoms with Gasteiger partial charge >= 0.3 is 0 Å². The fourth-order valence-corrected chi connectivity index (χ4v) is 3.15. The van der Waals surface area contributed by atoms with E-state index >= 15 is 0 Å². The fourth-order valence-electron chi connectivity index (χ4n) is 3.15. The highest BCUT2D eigenvalue weighted by Crippen LogP contribution is 2.29. The Bertz CT molecular complexity index is 691. The Morgan fingerprint density at radius 3 is 2.70 bits per heavy atom. The van der Waals surface area contributed by atoms with Crippen LogP contribution >= 0.6 is 0 Å². The van der Waals surface area contributed by atoms with Crippen molar-refractivity contribution in [2.45, 2.75) is 25.7 Å². The molecule has 1 aromatic carbocycles. The van der Waals surface area contributed by atoms with Crippen LogP contribution in [0.25, 0.3) is 0 Å². The van der Waals surface area contributed by atoms with Gasteiger partial charge in [-0.05, 0) is 36.6 Å². The van der Waals surface area contributed by atoms with Crippen LogP contribution in [0.5, 0.6) is 5.75 Å². The summed E-state index contributed by atoms with van der Waals surface area (Å²) in [4.78, 5) is 14.7. The lowest BCUT2D eigenvalue weighted by atomic mass is 9.98. The summed E-state index contributed by atoms with van der Waals surface area (Å²) in [5.41, 5.74) is 2.90. The molecule has 0 aliphatic carbocycles. The summed E-state index contributed by atoms with van der Waals surface area (Å²) < 4.78 is 6.90. The third-order valence-electron chi connectivity index (χ3n) is 4.57. The molecule has 122 valence electrons. The van der Waals surface area contributed by atoms with E-state index in [2.05, 4.69) is 17.2 Å². The van der Waals surface area contributed by atoms with Crippen LogP contribution in [0, 0.1) is 0 Å². The molecular weight excluding hydrogens is 290 g/mol. The molecule has 0 bridgehead atoms. The van der Waals surface area contributed by atoms with Crippen LogP contribution < -0.4 is 4.74 Å². The molecule has 1 amide bonds. The molecule has 5 nitrogen and oxygen atoms in total. The van der Waals surface area contributed by atoms with Gasteiger partial charge in [-0.3, -0.25) is 9.48 Å². The first-order valence-electron chi connectivity index (χ1n) is 8.08. The average Bonchev–Trinajstić information content (AvgIpc) is 3.21. The predicted octanol–water partition coefficient (Wildman–Crippen LogP) is 2.62. The first-order valence-corrected chi connectivity index (χ1v) is 8.08. The van der Waals surface area contributed by atoms with E-state index < -0.39 is 0 Å². The summed E-state index contributed by atoms with van der Waals surface area (Å²) in [6.45, 7) is 3.60. The lowest BCUT2D eigenvalue weighted by Gasteiger charge is -2.16. The lowest BCUT2D eigenvalue weighted by Crippen LogP contribution is -2.30. The Labute approximate surface area is 136 Å². The van der Waals surface area contributed by atoms with Crippen molar-refractivity contribution in [3.05, 3.63) is 47.3 Å². The Morgan fingerprint density at radius 2 is 2.09 bits per heavy atom. The summed E-state index contributed by atoms with van der Waals surface area (Å²) >= 11 is 0. The first kappa shape index (κ1) is 15.6. The number of aryl methyl sites for hydroxylation is 2. The fraction of sp³-hybridized carbons (Fsp3) is 0.444. The minimum atomic E-state index is 0.0794. The highest BCUT2D eigenvalue weighted by Gasteiger charge is 2.29. The Kier molecular flexibility index (Phi) is 4.37. The van der Waals surface area contributed by atoms with Crippen LogP contribution in [0.3, 0.4) is 0 Å². The number of hydrogen-bond donors (Lipinski definition) is 0. The van der Waals surface area contributed by atoms with Crippen LogP contribution in [0.4, 0.5) is 0 Å². The second kappa shape index (κ2) is 6.44. The van der Waals surface area contributed by atoms with Gasteiger partial charge in [-0.2, -0.15) is 5.10 Å². The molecule has 0 radical (unpaired) electrons. The number of likely N-dealkylation sites (tertiary alicyclic amines) is 1. The number of hydrogen-bond acceptors (Lipinski definition) is 3. The van der Waals surface area contributed by atoms with Gasteiger partial charge in [0.15, 0.2) is 0 Å². The molecule has 23 heavy (non-hydrogen) atoms. The molecule has 1 saturated heterocycles. The van der Waals surface area contributed by atoms with E-state index in [0.717, 1.165) is 37.4 Å². The Balaban J connectivity index is 1.71. The maximum Gasteiger partial charge on any atom is 0.272 e. The van der Waals surface area contributed by atoms with Gasteiger partial charge < -0.3 is 9.64 Å². The van der Waals surface area contributed by atoms with Gasteiger partial charge in [-0.25, -0.2) is 0 Å². The SMILES string of the molecule is CCc1cc(C(=O)N2CCC(c3ccc(OC)cc3)C2)n(C)n1. The largest absolute Gasteiger partial charge is 0.497 e. The molecule has 1 atom stereocenters. The van der Waals surface area contributed by atoms with Gasteiger partial charge in [-0.15, -0.1) is 0 Å². The average molecular weight is 313 g/mol. The minimum Gasteiger partial charge on any atom is -0.497 e. The smallest absolute Gasteiger partial charge is 0.272 e. The lowest BCUT2D eigenvalue weighted by molar-refractivity contribution is 0.0780. The van der Waals surface area contributed by atoms with Gasteiger partial charge in [0.05, 0.1) is 12.8 Å². The van der Waals surface area contributed by atoms with Crippen LogP contribution in [-0.4, -0.2) is 40.8 Å². The van der Waals surface area contributed by atoms with E-state index in [1.54, 1.807) is 11.8 Å². The van der Waals surface area contributed by atoms with E-state index in [1.807, 2.05) is 37.1 Å². The second-order valence-electron chi connectivity index (χ2n) is 6.01. The third-order valence-corrected chi connectivity index (χ3v) is 4.57. The summed E-state index contributed by atoms with van der Waals surface area (Å²) in [7, 11) is 3.51. The molecule has 5 heteroatoms. The van der Waals surface area contributed by atoms with Crippen molar-refractivity contribution in [3.8, 4) is 5.75 Å². The van der Waals surface area contributed by atoms with E-state index in [0.29, 0.717) is 11.6 Å². The molecule has 0 N–H and O–H groups in total. The predicted molar refractivity (Wildman–Crippen MR) is 88.8 cm³/mol. The van der Waals surface area contributed by atoms with Crippen LogP contribution in [-0.2, 0) is 13.5 Å². The van der Waals surface area contributed by atoms with Crippen LogP contribution in [0.15, 0.2) is 30.3 Å². The van der Waals surface area contributed by atoms with E-state index in [1.165, 1.54) is 5.56 Å². The number of carbonyl (C=O) groups is 1. The number of benzene rings is 1. The first-order chi connectivity index (χ1) is 11.1. The van der Waals surface area contributed by atoms with Crippen molar-refractivity contribution >= 4 is 5.91 Å². The molecule has 1 unspecified atom stereocenters. The van der Waals surface area contributed by atoms with Crippen molar-refractivity contribution in [1.82, 2.24) is 14.7 Å². The van der Waals surface area contributed by atoms with Gasteiger partial charge in [-0.1, -0.05) is 19.1 Å². The van der Waals surface area contributed by atoms with Crippen LogP contribution in [0.2, 0.25) is 0 Å². The normalized spacial score (nSPS) is 17.5. The Morgan fingerprint density at radius 1 is 1.35 bits per heavy atom. The highest BCUT2D eigenvalue weighted by atomic mass is 16.5. The number of ether oxygens (including phenoxy) is 1. The van der Waals surface area contributed by atoms with E-state index in [-0.39, 0.29) is 5.91 Å². The summed E-state index contributed by atoms with van der Waals surface area (Å²) in [5.74, 6) is 1.33. The van der Waals surface area contributed by atoms with Crippen LogP contribution in [0.1, 0.15) is 41.0 Å². The monoisotopic (exact) mass is 313 g/mol. The maximum atomic E-state index is 12.7. The molecular formula is C18H23N3O2. The number of methoxy groups -OCH3 is 1. The van der Waals surface area contributed by atoms with Crippen molar-refractivity contribution in [2.24, 2.45) is 7.05 Å².